The van der Waals surface area contributed by atoms with Crippen molar-refractivity contribution in [3.63, 3.8) is 0 Å². The quantitative estimate of drug-likeness (QED) is 0.164. The smallest absolute Gasteiger partial charge is 0.262 e. The number of hydrogen-bond donors (Lipinski definition) is 0. The Morgan fingerprint density at radius 2 is 0.780 bits per heavy atom. The molecule has 2 aromatic heterocycles. The molecule has 11 aromatic rings. The zero-order valence-corrected chi connectivity index (χ0v) is 33.0. The average molecular weight is 757 g/mol. The molecule has 59 heavy (non-hydrogen) atoms. The molecular formula is C54H37BN2O2. The van der Waals surface area contributed by atoms with Crippen LogP contribution in [0.15, 0.2) is 170 Å². The minimum atomic E-state index is -0.178. The summed E-state index contributed by atoms with van der Waals surface area (Å²) < 4.78 is 19.8. The van der Waals surface area contributed by atoms with Crippen LogP contribution in [-0.4, -0.2) is 15.8 Å². The van der Waals surface area contributed by atoms with Gasteiger partial charge in [-0.2, -0.15) is 0 Å². The fourth-order valence-corrected chi connectivity index (χ4v) is 10.4. The monoisotopic (exact) mass is 756 g/mol. The standard InChI is InChI=1S/C54H37BN2O2/c1-54(2,3)32-30-43-49-44(31-32)59-53-46-40-27-15-17-29-42(40)57(34-20-8-5-9-21-34)51(46)38-25-13-11-23-36(38)48(53)55(49)47-35-22-10-12-24-37(35)50-45(52(47)58-43)39-26-14-16-28-41(39)56(50)33-18-6-4-7-19-33/h4-31H,1-3H3. The number of nitrogens with zero attached hydrogens (tertiary/aromatic N) is 2. The van der Waals surface area contributed by atoms with E-state index in [0.29, 0.717) is 0 Å². The van der Waals surface area contributed by atoms with Crippen LogP contribution in [0.4, 0.5) is 0 Å². The van der Waals surface area contributed by atoms with Crippen molar-refractivity contribution in [1.82, 2.24) is 9.13 Å². The number of benzene rings is 9. The van der Waals surface area contributed by atoms with Crippen LogP contribution >= 0.6 is 0 Å². The molecule has 4 heterocycles. The first-order valence-corrected chi connectivity index (χ1v) is 20.6. The van der Waals surface area contributed by atoms with Gasteiger partial charge in [0.25, 0.3) is 6.71 Å². The van der Waals surface area contributed by atoms with Crippen molar-refractivity contribution in [2.24, 2.45) is 0 Å². The molecule has 0 unspecified atom stereocenters. The summed E-state index contributed by atoms with van der Waals surface area (Å²) in [5, 5.41) is 9.35. The van der Waals surface area contributed by atoms with E-state index in [4.69, 9.17) is 9.47 Å². The van der Waals surface area contributed by atoms with Gasteiger partial charge in [0, 0.05) is 38.4 Å². The highest BCUT2D eigenvalue weighted by Gasteiger charge is 2.45. The summed E-state index contributed by atoms with van der Waals surface area (Å²) in [7, 11) is 0. The van der Waals surface area contributed by atoms with Crippen LogP contribution in [-0.2, 0) is 5.41 Å². The summed E-state index contributed by atoms with van der Waals surface area (Å²) in [6.45, 7) is 6.63. The van der Waals surface area contributed by atoms with Gasteiger partial charge in [-0.25, -0.2) is 0 Å². The molecule has 0 saturated carbocycles. The van der Waals surface area contributed by atoms with E-state index < -0.39 is 0 Å². The Morgan fingerprint density at radius 1 is 0.407 bits per heavy atom. The molecule has 0 fully saturated rings. The summed E-state index contributed by atoms with van der Waals surface area (Å²) in [5.41, 5.74) is 11.3. The maximum absolute atomic E-state index is 7.49. The molecular weight excluding hydrogens is 719 g/mol. The van der Waals surface area contributed by atoms with E-state index in [1.54, 1.807) is 0 Å². The van der Waals surface area contributed by atoms with Crippen molar-refractivity contribution in [1.29, 1.82) is 0 Å². The molecule has 278 valence electrons. The number of ether oxygens (including phenoxy) is 2. The lowest BCUT2D eigenvalue weighted by Crippen LogP contribution is -2.58. The van der Waals surface area contributed by atoms with E-state index in [1.807, 2.05) is 0 Å². The van der Waals surface area contributed by atoms with Gasteiger partial charge < -0.3 is 18.6 Å². The summed E-state index contributed by atoms with van der Waals surface area (Å²) in [6, 6.07) is 61.6. The van der Waals surface area contributed by atoms with Gasteiger partial charge in [0.15, 0.2) is 0 Å². The number of fused-ring (bicyclic) bond motifs is 18. The van der Waals surface area contributed by atoms with E-state index in [0.717, 1.165) is 72.7 Å². The highest BCUT2D eigenvalue weighted by Crippen LogP contribution is 2.50. The third-order valence-electron chi connectivity index (χ3n) is 12.9. The second kappa shape index (κ2) is 11.7. The summed E-state index contributed by atoms with van der Waals surface area (Å²) in [6.07, 6.45) is 0. The second-order valence-electron chi connectivity index (χ2n) is 17.2. The molecule has 0 spiro atoms. The summed E-state index contributed by atoms with van der Waals surface area (Å²) in [5.74, 6) is 3.56. The Bertz CT molecular complexity index is 3370. The molecule has 0 amide bonds. The van der Waals surface area contributed by atoms with Gasteiger partial charge in [0.1, 0.15) is 23.0 Å². The molecule has 2 aliphatic rings. The normalized spacial score (nSPS) is 13.2. The molecule has 0 radical (unpaired) electrons. The molecule has 0 atom stereocenters. The molecule has 2 aliphatic heterocycles. The Labute approximate surface area is 341 Å². The summed E-state index contributed by atoms with van der Waals surface area (Å²) in [4.78, 5) is 0. The highest BCUT2D eigenvalue weighted by molar-refractivity contribution is 7.01. The molecule has 0 aliphatic carbocycles. The number of para-hydroxylation sites is 4. The Balaban J connectivity index is 1.26. The van der Waals surface area contributed by atoms with Crippen LogP contribution in [0.5, 0.6) is 23.0 Å². The minimum Gasteiger partial charge on any atom is -0.458 e. The molecule has 9 aromatic carbocycles. The summed E-state index contributed by atoms with van der Waals surface area (Å²) >= 11 is 0. The van der Waals surface area contributed by atoms with Crippen molar-refractivity contribution in [2.45, 2.75) is 26.2 Å². The van der Waals surface area contributed by atoms with E-state index >= 15 is 0 Å². The van der Waals surface area contributed by atoms with Crippen LogP contribution in [0.1, 0.15) is 26.3 Å². The van der Waals surface area contributed by atoms with Crippen molar-refractivity contribution in [3.8, 4) is 34.4 Å². The Hall–Kier alpha value is -7.24. The highest BCUT2D eigenvalue weighted by atomic mass is 16.5. The van der Waals surface area contributed by atoms with Crippen LogP contribution in [0.2, 0.25) is 0 Å². The van der Waals surface area contributed by atoms with Gasteiger partial charge in [-0.15, -0.1) is 0 Å². The van der Waals surface area contributed by atoms with E-state index in [-0.39, 0.29) is 12.1 Å². The predicted molar refractivity (Wildman–Crippen MR) is 247 cm³/mol. The average Bonchev–Trinajstić information content (AvgIpc) is 3.81. The van der Waals surface area contributed by atoms with E-state index in [9.17, 15) is 0 Å². The van der Waals surface area contributed by atoms with Crippen LogP contribution in [0.25, 0.3) is 76.5 Å². The lowest BCUT2D eigenvalue weighted by Gasteiger charge is -2.36. The van der Waals surface area contributed by atoms with Gasteiger partial charge in [0.2, 0.25) is 0 Å². The maximum atomic E-state index is 7.49. The molecule has 5 heteroatoms. The molecule has 4 nitrogen and oxygen atoms in total. The van der Waals surface area contributed by atoms with Crippen molar-refractivity contribution >= 4 is 88.3 Å². The van der Waals surface area contributed by atoms with Gasteiger partial charge in [-0.05, 0) is 81.2 Å². The fourth-order valence-electron chi connectivity index (χ4n) is 10.4. The molecule has 0 N–H and O–H groups in total. The lowest BCUT2D eigenvalue weighted by atomic mass is 9.33. The molecule has 0 saturated heterocycles. The van der Waals surface area contributed by atoms with Crippen molar-refractivity contribution < 1.29 is 9.47 Å². The number of hydrogen-bond acceptors (Lipinski definition) is 2. The molecule has 0 bridgehead atoms. The topological polar surface area (TPSA) is 28.3 Å². The van der Waals surface area contributed by atoms with Crippen molar-refractivity contribution in [3.05, 3.63) is 175 Å². The first kappa shape index (κ1) is 32.8. The zero-order chi connectivity index (χ0) is 39.1. The second-order valence-corrected chi connectivity index (χ2v) is 17.2. The lowest BCUT2D eigenvalue weighted by molar-refractivity contribution is 0.464. The Morgan fingerprint density at radius 3 is 1.20 bits per heavy atom. The first-order valence-electron chi connectivity index (χ1n) is 20.6. The van der Waals surface area contributed by atoms with Gasteiger partial charge in [-0.3, -0.25) is 0 Å². The van der Waals surface area contributed by atoms with E-state index in [1.165, 1.54) is 48.8 Å². The minimum absolute atomic E-state index is 0.154. The number of rotatable bonds is 2. The predicted octanol–water partition coefficient (Wildman–Crippen LogP) is 12.2. The van der Waals surface area contributed by atoms with Crippen LogP contribution in [0, 0.1) is 0 Å². The fraction of sp³-hybridized carbons (Fsp3) is 0.0741. The Kier molecular flexibility index (Phi) is 6.49. The van der Waals surface area contributed by atoms with Gasteiger partial charge >= 0.3 is 0 Å². The van der Waals surface area contributed by atoms with Gasteiger partial charge in [0.05, 0.1) is 32.8 Å². The maximum Gasteiger partial charge on any atom is 0.262 e. The van der Waals surface area contributed by atoms with Crippen molar-refractivity contribution in [2.75, 3.05) is 0 Å². The third-order valence-corrected chi connectivity index (χ3v) is 12.9. The molecule has 13 rings (SSSR count). The third kappa shape index (κ3) is 4.34. The van der Waals surface area contributed by atoms with E-state index in [2.05, 4.69) is 200 Å². The largest absolute Gasteiger partial charge is 0.458 e. The zero-order valence-electron chi connectivity index (χ0n) is 33.0. The first-order chi connectivity index (χ1) is 29.0. The van der Waals surface area contributed by atoms with Crippen LogP contribution in [0.3, 0.4) is 0 Å². The number of aromatic nitrogens is 2. The van der Waals surface area contributed by atoms with Crippen LogP contribution < -0.4 is 25.9 Å². The SMILES string of the molecule is CC(C)(C)c1cc2c3c(c1)Oc1c(c4ccccc4c4c1c1ccccc1n4-c1ccccc1)B3c1c(c3c4ccccc4n(-c4ccccc4)c3c3ccccc13)O2. The van der Waals surface area contributed by atoms with Gasteiger partial charge in [-0.1, -0.05) is 142 Å².